The van der Waals surface area contributed by atoms with E-state index in [2.05, 4.69) is 152 Å². The van der Waals surface area contributed by atoms with Gasteiger partial charge in [-0.15, -0.1) is 0 Å². The molecule has 0 saturated heterocycles. The van der Waals surface area contributed by atoms with Crippen molar-refractivity contribution < 1.29 is 0 Å². The Bertz CT molecular complexity index is 1600. The molecule has 33 heavy (non-hydrogen) atoms. The van der Waals surface area contributed by atoms with E-state index in [1.165, 1.54) is 44.1 Å². The molecule has 1 heterocycles. The largest absolute Gasteiger partial charge is 0.309 e. The summed E-state index contributed by atoms with van der Waals surface area (Å²) >= 11 is 7.27. The molecule has 0 radical (unpaired) electrons. The van der Waals surface area contributed by atoms with Crippen molar-refractivity contribution in [1.82, 2.24) is 4.57 Å². The van der Waals surface area contributed by atoms with E-state index in [1.54, 1.807) is 0 Å². The molecule has 0 aliphatic carbocycles. The first-order valence-corrected chi connectivity index (χ1v) is 12.4. The average Bonchev–Trinajstić information content (AvgIpc) is 3.17. The van der Waals surface area contributed by atoms with Crippen molar-refractivity contribution in [3.05, 3.63) is 124 Å². The molecule has 1 nitrogen and oxygen atoms in total. The maximum absolute atomic E-state index is 3.63. The SMILES string of the molecule is Brc1cc(Br)cc(-c2ccc3c4ccc(-c5ccccc5)cc4n(-c4ccccc4)c3c2)c1. The summed E-state index contributed by atoms with van der Waals surface area (Å²) in [6.45, 7) is 0. The second-order valence-electron chi connectivity index (χ2n) is 8.16. The molecule has 5 aromatic carbocycles. The highest BCUT2D eigenvalue weighted by molar-refractivity contribution is 9.11. The summed E-state index contributed by atoms with van der Waals surface area (Å²) in [6.07, 6.45) is 0. The Balaban J connectivity index is 1.66. The highest BCUT2D eigenvalue weighted by atomic mass is 79.9. The highest BCUT2D eigenvalue weighted by Crippen LogP contribution is 2.37. The molecular formula is C30H19Br2N. The predicted molar refractivity (Wildman–Crippen MR) is 147 cm³/mol. The maximum atomic E-state index is 3.63. The number of halogens is 2. The molecule has 0 fully saturated rings. The molecular weight excluding hydrogens is 534 g/mol. The van der Waals surface area contributed by atoms with Crippen molar-refractivity contribution in [2.24, 2.45) is 0 Å². The van der Waals surface area contributed by atoms with Crippen molar-refractivity contribution in [3.8, 4) is 27.9 Å². The van der Waals surface area contributed by atoms with E-state index in [4.69, 9.17) is 0 Å². The van der Waals surface area contributed by atoms with Crippen LogP contribution in [0, 0.1) is 0 Å². The monoisotopic (exact) mass is 551 g/mol. The average molecular weight is 553 g/mol. The first-order chi connectivity index (χ1) is 16.2. The third-order valence-corrected chi connectivity index (χ3v) is 7.00. The predicted octanol–water partition coefficient (Wildman–Crippen LogP) is 9.64. The Kier molecular flexibility index (Phi) is 5.17. The van der Waals surface area contributed by atoms with Crippen molar-refractivity contribution in [3.63, 3.8) is 0 Å². The van der Waals surface area contributed by atoms with Gasteiger partial charge >= 0.3 is 0 Å². The van der Waals surface area contributed by atoms with Gasteiger partial charge in [0, 0.05) is 25.4 Å². The van der Waals surface area contributed by atoms with E-state index < -0.39 is 0 Å². The highest BCUT2D eigenvalue weighted by Gasteiger charge is 2.14. The van der Waals surface area contributed by atoms with E-state index >= 15 is 0 Å². The number of hydrogen-bond acceptors (Lipinski definition) is 0. The topological polar surface area (TPSA) is 4.93 Å². The molecule has 6 rings (SSSR count). The fourth-order valence-electron chi connectivity index (χ4n) is 4.58. The van der Waals surface area contributed by atoms with Gasteiger partial charge < -0.3 is 4.57 Å². The van der Waals surface area contributed by atoms with Crippen LogP contribution in [0.1, 0.15) is 0 Å². The fourth-order valence-corrected chi connectivity index (χ4v) is 5.88. The van der Waals surface area contributed by atoms with Crippen LogP contribution < -0.4 is 0 Å². The Morgan fingerprint density at radius 3 is 1.52 bits per heavy atom. The number of rotatable bonds is 3. The molecule has 0 atom stereocenters. The number of aromatic nitrogens is 1. The summed E-state index contributed by atoms with van der Waals surface area (Å²) in [5, 5.41) is 2.52. The Morgan fingerprint density at radius 1 is 0.424 bits per heavy atom. The number of hydrogen-bond donors (Lipinski definition) is 0. The van der Waals surface area contributed by atoms with Gasteiger partial charge in [-0.2, -0.15) is 0 Å². The fraction of sp³-hybridized carbons (Fsp3) is 0. The minimum atomic E-state index is 1.06. The van der Waals surface area contributed by atoms with Gasteiger partial charge in [0.15, 0.2) is 0 Å². The second-order valence-corrected chi connectivity index (χ2v) is 9.99. The van der Waals surface area contributed by atoms with Crippen LogP contribution in [0.5, 0.6) is 0 Å². The zero-order valence-electron chi connectivity index (χ0n) is 17.7. The zero-order chi connectivity index (χ0) is 22.4. The minimum Gasteiger partial charge on any atom is -0.309 e. The van der Waals surface area contributed by atoms with Crippen LogP contribution in [0.4, 0.5) is 0 Å². The summed E-state index contributed by atoms with van der Waals surface area (Å²) < 4.78 is 4.50. The van der Waals surface area contributed by atoms with Crippen LogP contribution in [0.15, 0.2) is 124 Å². The smallest absolute Gasteiger partial charge is 0.0547 e. The van der Waals surface area contributed by atoms with Crippen LogP contribution in [0.25, 0.3) is 49.7 Å². The zero-order valence-corrected chi connectivity index (χ0v) is 20.8. The van der Waals surface area contributed by atoms with Gasteiger partial charge in [-0.25, -0.2) is 0 Å². The molecule has 0 bridgehead atoms. The molecule has 0 unspecified atom stereocenters. The molecule has 0 N–H and O–H groups in total. The third kappa shape index (κ3) is 3.72. The van der Waals surface area contributed by atoms with Crippen LogP contribution in [0.3, 0.4) is 0 Å². The van der Waals surface area contributed by atoms with Gasteiger partial charge in [0.2, 0.25) is 0 Å². The van der Waals surface area contributed by atoms with Crippen molar-refractivity contribution in [2.75, 3.05) is 0 Å². The van der Waals surface area contributed by atoms with Crippen molar-refractivity contribution in [2.45, 2.75) is 0 Å². The first-order valence-electron chi connectivity index (χ1n) is 10.8. The lowest BCUT2D eigenvalue weighted by Gasteiger charge is -2.10. The molecule has 0 amide bonds. The summed E-state index contributed by atoms with van der Waals surface area (Å²) in [5.74, 6) is 0. The summed E-state index contributed by atoms with van der Waals surface area (Å²) in [6, 6.07) is 41.2. The number of fused-ring (bicyclic) bond motifs is 3. The molecule has 0 spiro atoms. The Morgan fingerprint density at radius 2 is 0.939 bits per heavy atom. The van der Waals surface area contributed by atoms with Gasteiger partial charge in [0.1, 0.15) is 0 Å². The molecule has 0 aliphatic rings. The third-order valence-electron chi connectivity index (χ3n) is 6.08. The van der Waals surface area contributed by atoms with Crippen LogP contribution in [-0.2, 0) is 0 Å². The molecule has 158 valence electrons. The normalized spacial score (nSPS) is 11.3. The van der Waals surface area contributed by atoms with E-state index in [0.29, 0.717) is 0 Å². The second kappa shape index (κ2) is 8.33. The number of nitrogens with zero attached hydrogens (tertiary/aromatic N) is 1. The minimum absolute atomic E-state index is 1.06. The lowest BCUT2D eigenvalue weighted by Crippen LogP contribution is -1.93. The standard InChI is InChI=1S/C30H19Br2N/c31-24-15-23(16-25(32)19-24)22-12-14-28-27-13-11-21(20-7-3-1-4-8-20)17-29(27)33(30(28)18-22)26-9-5-2-6-10-26/h1-19H. The molecule has 0 saturated carbocycles. The summed E-state index contributed by atoms with van der Waals surface area (Å²) in [5.41, 5.74) is 8.39. The summed E-state index contributed by atoms with van der Waals surface area (Å²) in [7, 11) is 0. The van der Waals surface area contributed by atoms with Gasteiger partial charge in [0.05, 0.1) is 11.0 Å². The van der Waals surface area contributed by atoms with E-state index in [-0.39, 0.29) is 0 Å². The lowest BCUT2D eigenvalue weighted by molar-refractivity contribution is 1.18. The number of benzene rings is 5. The quantitative estimate of drug-likeness (QED) is 0.206. The van der Waals surface area contributed by atoms with E-state index in [0.717, 1.165) is 14.6 Å². The van der Waals surface area contributed by atoms with Crippen LogP contribution >= 0.6 is 31.9 Å². The Hall–Kier alpha value is -3.14. The summed E-state index contributed by atoms with van der Waals surface area (Å²) in [4.78, 5) is 0. The van der Waals surface area contributed by atoms with Crippen LogP contribution in [0.2, 0.25) is 0 Å². The van der Waals surface area contributed by atoms with Gasteiger partial charge in [-0.05, 0) is 64.7 Å². The van der Waals surface area contributed by atoms with Gasteiger partial charge in [0.25, 0.3) is 0 Å². The lowest BCUT2D eigenvalue weighted by atomic mass is 10.0. The molecule has 3 heteroatoms. The Labute approximate surface area is 209 Å². The van der Waals surface area contributed by atoms with E-state index in [1.807, 2.05) is 0 Å². The first kappa shape index (κ1) is 20.5. The van der Waals surface area contributed by atoms with E-state index in [9.17, 15) is 0 Å². The van der Waals surface area contributed by atoms with Gasteiger partial charge in [-0.1, -0.05) is 105 Å². The van der Waals surface area contributed by atoms with Gasteiger partial charge in [-0.3, -0.25) is 0 Å². The van der Waals surface area contributed by atoms with Crippen molar-refractivity contribution in [1.29, 1.82) is 0 Å². The van der Waals surface area contributed by atoms with Crippen LogP contribution in [-0.4, -0.2) is 4.57 Å². The molecule has 1 aromatic heterocycles. The number of para-hydroxylation sites is 1. The molecule has 0 aliphatic heterocycles. The molecule has 6 aromatic rings. The maximum Gasteiger partial charge on any atom is 0.0547 e. The van der Waals surface area contributed by atoms with Crippen molar-refractivity contribution >= 4 is 53.7 Å².